The van der Waals surface area contributed by atoms with Crippen LogP contribution in [0.5, 0.6) is 0 Å². The van der Waals surface area contributed by atoms with E-state index in [0.29, 0.717) is 28.6 Å². The number of aliphatic carboxylic acids is 1. The molecule has 9 heteroatoms. The summed E-state index contributed by atoms with van der Waals surface area (Å²) in [4.78, 5) is 41.6. The zero-order valence-electron chi connectivity index (χ0n) is 13.7. The van der Waals surface area contributed by atoms with E-state index in [9.17, 15) is 24.6 Å². The SMILES string of the molecule is C[C@@H](O)[C@H]1C(=O)N2C(C(=O)[O-])=C(c3ccc4[nH]c(=O)[nH]c4c3)C[C@H]12.[Na+]. The molecule has 1 aromatic heterocycles. The number of aromatic amines is 2. The number of H-pyrrole nitrogens is 2. The molecule has 1 aromatic carbocycles. The number of carbonyl (C=O) groups is 2. The number of β-lactam (4-membered cyclic amide) rings is 1. The molecule has 0 radical (unpaired) electrons. The molecule has 0 unspecified atom stereocenters. The first-order valence-corrected chi connectivity index (χ1v) is 7.56. The van der Waals surface area contributed by atoms with Gasteiger partial charge < -0.3 is 29.9 Å². The summed E-state index contributed by atoms with van der Waals surface area (Å²) >= 11 is 0. The van der Waals surface area contributed by atoms with Gasteiger partial charge in [0.1, 0.15) is 0 Å². The Kier molecular flexibility index (Phi) is 4.40. The molecule has 3 atom stereocenters. The molecule has 124 valence electrons. The number of benzene rings is 1. The zero-order valence-corrected chi connectivity index (χ0v) is 15.7. The van der Waals surface area contributed by atoms with Crippen LogP contribution in [0.3, 0.4) is 0 Å². The molecule has 0 bridgehead atoms. The van der Waals surface area contributed by atoms with Crippen LogP contribution < -0.4 is 40.4 Å². The average Bonchev–Trinajstić information content (AvgIpc) is 3.02. The van der Waals surface area contributed by atoms with Gasteiger partial charge in [-0.1, -0.05) is 6.07 Å². The molecule has 1 amide bonds. The van der Waals surface area contributed by atoms with E-state index in [1.165, 1.54) is 11.8 Å². The van der Waals surface area contributed by atoms with Crippen molar-refractivity contribution in [3.63, 3.8) is 0 Å². The summed E-state index contributed by atoms with van der Waals surface area (Å²) in [5.41, 5.74) is 1.73. The number of nitrogens with zero attached hydrogens (tertiary/aromatic N) is 1. The van der Waals surface area contributed by atoms with Crippen LogP contribution in [0.25, 0.3) is 16.6 Å². The van der Waals surface area contributed by atoms with Gasteiger partial charge in [-0.2, -0.15) is 0 Å². The monoisotopic (exact) mass is 351 g/mol. The number of aliphatic hydroxyl groups excluding tert-OH is 1. The second-order valence-corrected chi connectivity index (χ2v) is 6.20. The minimum absolute atomic E-state index is 0. The molecule has 25 heavy (non-hydrogen) atoms. The van der Waals surface area contributed by atoms with Gasteiger partial charge in [-0.05, 0) is 36.6 Å². The number of aliphatic hydroxyl groups is 1. The first-order chi connectivity index (χ1) is 11.4. The van der Waals surface area contributed by atoms with Crippen molar-refractivity contribution < 1.29 is 49.4 Å². The number of hydrogen-bond donors (Lipinski definition) is 3. The van der Waals surface area contributed by atoms with Gasteiger partial charge in [0.2, 0.25) is 5.91 Å². The fourth-order valence-electron chi connectivity index (χ4n) is 3.74. The topological polar surface area (TPSA) is 129 Å². The molecule has 1 saturated heterocycles. The number of fused-ring (bicyclic) bond motifs is 2. The molecule has 0 spiro atoms. The van der Waals surface area contributed by atoms with Gasteiger partial charge in [0.15, 0.2) is 0 Å². The largest absolute Gasteiger partial charge is 1.00 e. The maximum atomic E-state index is 12.2. The van der Waals surface area contributed by atoms with Crippen molar-refractivity contribution in [1.82, 2.24) is 14.9 Å². The third-order valence-corrected chi connectivity index (χ3v) is 4.79. The van der Waals surface area contributed by atoms with E-state index in [1.54, 1.807) is 18.2 Å². The molecule has 0 saturated carbocycles. The fraction of sp³-hybridized carbons (Fsp3) is 0.312. The molecule has 2 aliphatic rings. The van der Waals surface area contributed by atoms with Gasteiger partial charge in [0.25, 0.3) is 0 Å². The van der Waals surface area contributed by atoms with Crippen LogP contribution in [0.4, 0.5) is 0 Å². The Bertz CT molecular complexity index is 974. The molecular weight excluding hydrogens is 337 g/mol. The average molecular weight is 351 g/mol. The first kappa shape index (κ1) is 17.9. The van der Waals surface area contributed by atoms with Crippen LogP contribution in [0.2, 0.25) is 0 Å². The van der Waals surface area contributed by atoms with E-state index in [4.69, 9.17) is 0 Å². The van der Waals surface area contributed by atoms with Gasteiger partial charge in [0, 0.05) is 0 Å². The van der Waals surface area contributed by atoms with Crippen molar-refractivity contribution in [1.29, 1.82) is 0 Å². The van der Waals surface area contributed by atoms with Crippen LogP contribution in [-0.4, -0.2) is 44.0 Å². The molecule has 4 rings (SSSR count). The summed E-state index contributed by atoms with van der Waals surface area (Å²) < 4.78 is 0. The molecule has 3 heterocycles. The van der Waals surface area contributed by atoms with Crippen molar-refractivity contribution in [3.05, 3.63) is 39.9 Å². The zero-order chi connectivity index (χ0) is 17.2. The fourth-order valence-corrected chi connectivity index (χ4v) is 3.74. The first-order valence-electron chi connectivity index (χ1n) is 7.56. The van der Waals surface area contributed by atoms with Crippen LogP contribution in [0.15, 0.2) is 28.7 Å². The number of nitrogens with one attached hydrogen (secondary N) is 2. The number of carbonyl (C=O) groups excluding carboxylic acids is 2. The Morgan fingerprint density at radius 3 is 2.64 bits per heavy atom. The summed E-state index contributed by atoms with van der Waals surface area (Å²) in [5, 5.41) is 21.3. The second-order valence-electron chi connectivity index (χ2n) is 6.20. The number of imidazole rings is 1. The van der Waals surface area contributed by atoms with E-state index in [-0.39, 0.29) is 47.0 Å². The van der Waals surface area contributed by atoms with Crippen LogP contribution in [0.1, 0.15) is 18.9 Å². The molecule has 3 N–H and O–H groups in total. The smallest absolute Gasteiger partial charge is 0.543 e. The summed E-state index contributed by atoms with van der Waals surface area (Å²) in [5.74, 6) is -2.43. The second kappa shape index (κ2) is 6.14. The molecular formula is C16H14N3NaO5. The Hall–Kier alpha value is -1.87. The Labute approximate surface area is 163 Å². The van der Waals surface area contributed by atoms with Crippen molar-refractivity contribution in [3.8, 4) is 0 Å². The maximum Gasteiger partial charge on any atom is 1.00 e. The Balaban J connectivity index is 0.00000182. The molecule has 1 fully saturated rings. The standard InChI is InChI=1S/C16H15N3O5.Na/c1-6(20)12-11-5-8(13(15(22)23)19(11)14(12)21)7-2-3-9-10(4-7)18-16(24)17-9;/h2-4,6,11-12,20H,5H2,1H3,(H,22,23)(H2,17,18,24);/q;+1/p-1/t6-,11-,12-;/m1./s1. The normalized spacial score (nSPS) is 23.3. The van der Waals surface area contributed by atoms with Crippen molar-refractivity contribution in [2.45, 2.75) is 25.5 Å². The van der Waals surface area contributed by atoms with Gasteiger partial charge in [-0.15, -0.1) is 0 Å². The number of carboxylic acids is 1. The number of amides is 1. The van der Waals surface area contributed by atoms with Crippen molar-refractivity contribution in [2.24, 2.45) is 5.92 Å². The summed E-state index contributed by atoms with van der Waals surface area (Å²) in [7, 11) is 0. The predicted octanol–water partition coefficient (Wildman–Crippen LogP) is -4.07. The summed E-state index contributed by atoms with van der Waals surface area (Å²) in [6.07, 6.45) is -0.519. The van der Waals surface area contributed by atoms with E-state index in [2.05, 4.69) is 9.97 Å². The van der Waals surface area contributed by atoms with Crippen molar-refractivity contribution >= 4 is 28.5 Å². The van der Waals surface area contributed by atoms with E-state index in [1.807, 2.05) is 0 Å². The van der Waals surface area contributed by atoms with Crippen molar-refractivity contribution in [2.75, 3.05) is 0 Å². The minimum atomic E-state index is -1.42. The number of carboxylic acid groups (broad SMARTS) is 1. The Morgan fingerprint density at radius 2 is 2.00 bits per heavy atom. The van der Waals surface area contributed by atoms with Gasteiger partial charge in [-0.3, -0.25) is 4.79 Å². The summed E-state index contributed by atoms with van der Waals surface area (Å²) in [6, 6.07) is 4.66. The number of aromatic nitrogens is 2. The van der Waals surface area contributed by atoms with Gasteiger partial charge in [-0.25, -0.2) is 4.79 Å². The summed E-state index contributed by atoms with van der Waals surface area (Å²) in [6.45, 7) is 1.52. The third kappa shape index (κ3) is 2.56. The Morgan fingerprint density at radius 1 is 1.32 bits per heavy atom. The molecule has 2 aliphatic heterocycles. The van der Waals surface area contributed by atoms with Gasteiger partial charge in [0.05, 0.1) is 40.8 Å². The minimum Gasteiger partial charge on any atom is -0.543 e. The molecule has 2 aromatic rings. The van der Waals surface area contributed by atoms with E-state index >= 15 is 0 Å². The van der Waals surface area contributed by atoms with Crippen LogP contribution in [-0.2, 0) is 9.59 Å². The van der Waals surface area contributed by atoms with E-state index in [0.717, 1.165) is 0 Å². The predicted molar refractivity (Wildman–Crippen MR) is 81.3 cm³/mol. The van der Waals surface area contributed by atoms with E-state index < -0.39 is 23.9 Å². The number of hydrogen-bond acceptors (Lipinski definition) is 5. The maximum absolute atomic E-state index is 12.2. The number of rotatable bonds is 3. The van der Waals surface area contributed by atoms with Crippen LogP contribution >= 0.6 is 0 Å². The molecule has 0 aliphatic carbocycles. The van der Waals surface area contributed by atoms with Gasteiger partial charge >= 0.3 is 35.2 Å². The quantitative estimate of drug-likeness (QED) is 0.383. The third-order valence-electron chi connectivity index (χ3n) is 4.79. The molecule has 8 nitrogen and oxygen atoms in total. The van der Waals surface area contributed by atoms with Crippen LogP contribution in [0, 0.1) is 5.92 Å².